The molecular weight excluding hydrogens is 228 g/mol. The molecule has 0 heterocycles. The van der Waals surface area contributed by atoms with Crippen LogP contribution in [0.3, 0.4) is 0 Å². The van der Waals surface area contributed by atoms with E-state index in [1.54, 1.807) is 30.5 Å². The first-order chi connectivity index (χ1) is 7.61. The maximum Gasteiger partial charge on any atom is 0.372 e. The highest BCUT2D eigenvalue weighted by atomic mass is 32.2. The highest BCUT2D eigenvalue weighted by molar-refractivity contribution is 8.12. The Labute approximate surface area is 97.9 Å². The Balaban J connectivity index is 2.54. The van der Waals surface area contributed by atoms with Crippen LogP contribution in [0.4, 0.5) is 4.79 Å². The van der Waals surface area contributed by atoms with E-state index in [1.165, 1.54) is 6.92 Å². The van der Waals surface area contributed by atoms with Crippen molar-refractivity contribution in [3.05, 3.63) is 29.8 Å². The lowest BCUT2D eigenvalue weighted by Crippen LogP contribution is -2.00. The summed E-state index contributed by atoms with van der Waals surface area (Å²) < 4.78 is 9.78. The molecule has 0 atom stereocenters. The number of benzene rings is 1. The Morgan fingerprint density at radius 1 is 1.25 bits per heavy atom. The van der Waals surface area contributed by atoms with Crippen molar-refractivity contribution in [2.45, 2.75) is 13.5 Å². The summed E-state index contributed by atoms with van der Waals surface area (Å²) >= 11 is 1.01. The summed E-state index contributed by atoms with van der Waals surface area (Å²) in [6, 6.07) is 6.80. The van der Waals surface area contributed by atoms with E-state index in [0.717, 1.165) is 17.3 Å². The van der Waals surface area contributed by atoms with Gasteiger partial charge in [-0.3, -0.25) is 4.79 Å². The van der Waals surface area contributed by atoms with Gasteiger partial charge in [-0.25, -0.2) is 4.79 Å². The lowest BCUT2D eigenvalue weighted by molar-refractivity contribution is -0.142. The second-order valence-electron chi connectivity index (χ2n) is 2.98. The van der Waals surface area contributed by atoms with Crippen LogP contribution in [0.2, 0.25) is 0 Å². The van der Waals surface area contributed by atoms with Crippen LogP contribution in [0.15, 0.2) is 24.3 Å². The van der Waals surface area contributed by atoms with Gasteiger partial charge in [-0.05, 0) is 35.7 Å². The monoisotopic (exact) mass is 240 g/mol. The summed E-state index contributed by atoms with van der Waals surface area (Å²) in [6.07, 6.45) is 1.65. The van der Waals surface area contributed by atoms with Gasteiger partial charge in [0.2, 0.25) is 0 Å². The van der Waals surface area contributed by atoms with Crippen LogP contribution < -0.4 is 4.74 Å². The van der Waals surface area contributed by atoms with Crippen LogP contribution in [0.5, 0.6) is 5.75 Å². The average Bonchev–Trinajstić information content (AvgIpc) is 2.28. The molecule has 86 valence electrons. The standard InChI is InChI=1S/C11H12O4S/c1-8(12)14-7-9-3-5-10(6-4-9)15-11(13)16-2/h3-6H,7H2,1-2H3. The summed E-state index contributed by atoms with van der Waals surface area (Å²) in [5.74, 6) is 0.156. The van der Waals surface area contributed by atoms with Crippen molar-refractivity contribution in [2.24, 2.45) is 0 Å². The fourth-order valence-electron chi connectivity index (χ4n) is 0.977. The van der Waals surface area contributed by atoms with E-state index in [0.29, 0.717) is 5.75 Å². The summed E-state index contributed by atoms with van der Waals surface area (Å²) in [6.45, 7) is 1.58. The van der Waals surface area contributed by atoms with Gasteiger partial charge in [0, 0.05) is 6.92 Å². The lowest BCUT2D eigenvalue weighted by atomic mass is 10.2. The van der Waals surface area contributed by atoms with E-state index in [2.05, 4.69) is 0 Å². The van der Waals surface area contributed by atoms with Gasteiger partial charge in [0.05, 0.1) is 0 Å². The molecule has 0 saturated carbocycles. The second-order valence-corrected chi connectivity index (χ2v) is 3.72. The zero-order chi connectivity index (χ0) is 12.0. The molecule has 0 radical (unpaired) electrons. The van der Waals surface area contributed by atoms with E-state index in [1.807, 2.05) is 0 Å². The first kappa shape index (κ1) is 12.6. The molecule has 0 bridgehead atoms. The third-order valence-corrected chi connectivity index (χ3v) is 2.15. The summed E-state index contributed by atoms with van der Waals surface area (Å²) in [7, 11) is 0. The number of ether oxygens (including phenoxy) is 2. The smallest absolute Gasteiger partial charge is 0.372 e. The topological polar surface area (TPSA) is 52.6 Å². The second kappa shape index (κ2) is 6.17. The van der Waals surface area contributed by atoms with Crippen molar-refractivity contribution in [2.75, 3.05) is 6.26 Å². The molecule has 0 aliphatic rings. The van der Waals surface area contributed by atoms with Gasteiger partial charge in [-0.2, -0.15) is 0 Å². The van der Waals surface area contributed by atoms with Crippen molar-refractivity contribution in [3.8, 4) is 5.75 Å². The molecule has 0 fully saturated rings. The number of hydrogen-bond donors (Lipinski definition) is 0. The SMILES string of the molecule is CSC(=O)Oc1ccc(COC(C)=O)cc1. The minimum Gasteiger partial charge on any atom is -0.461 e. The molecule has 0 amide bonds. The molecule has 0 aliphatic carbocycles. The zero-order valence-electron chi connectivity index (χ0n) is 9.06. The average molecular weight is 240 g/mol. The molecule has 1 aromatic rings. The fourth-order valence-corrected chi connectivity index (χ4v) is 1.16. The third kappa shape index (κ3) is 4.35. The number of carbonyl (C=O) groups is 2. The molecule has 5 heteroatoms. The Morgan fingerprint density at radius 3 is 2.38 bits per heavy atom. The van der Waals surface area contributed by atoms with Gasteiger partial charge in [0.1, 0.15) is 12.4 Å². The Hall–Kier alpha value is -1.49. The maximum absolute atomic E-state index is 11.0. The molecule has 16 heavy (non-hydrogen) atoms. The number of hydrogen-bond acceptors (Lipinski definition) is 5. The number of esters is 1. The predicted molar refractivity (Wildman–Crippen MR) is 61.5 cm³/mol. The van der Waals surface area contributed by atoms with Gasteiger partial charge in [-0.1, -0.05) is 12.1 Å². The van der Waals surface area contributed by atoms with E-state index in [-0.39, 0.29) is 17.9 Å². The van der Waals surface area contributed by atoms with E-state index in [4.69, 9.17) is 9.47 Å². The first-order valence-electron chi connectivity index (χ1n) is 4.60. The van der Waals surface area contributed by atoms with Crippen molar-refractivity contribution in [3.63, 3.8) is 0 Å². The highest BCUT2D eigenvalue weighted by Crippen LogP contribution is 2.15. The van der Waals surface area contributed by atoms with Crippen LogP contribution in [0.1, 0.15) is 12.5 Å². The fraction of sp³-hybridized carbons (Fsp3) is 0.273. The normalized spacial score (nSPS) is 9.62. The molecule has 0 saturated heterocycles. The molecular formula is C11H12O4S. The van der Waals surface area contributed by atoms with Crippen LogP contribution in [-0.4, -0.2) is 17.5 Å². The van der Waals surface area contributed by atoms with Crippen molar-refractivity contribution >= 4 is 23.0 Å². The highest BCUT2D eigenvalue weighted by Gasteiger charge is 2.02. The van der Waals surface area contributed by atoms with Gasteiger partial charge in [0.15, 0.2) is 0 Å². The van der Waals surface area contributed by atoms with Crippen LogP contribution in [0.25, 0.3) is 0 Å². The molecule has 0 aliphatic heterocycles. The van der Waals surface area contributed by atoms with Gasteiger partial charge >= 0.3 is 11.3 Å². The van der Waals surface area contributed by atoms with E-state index >= 15 is 0 Å². The van der Waals surface area contributed by atoms with E-state index in [9.17, 15) is 9.59 Å². The molecule has 4 nitrogen and oxygen atoms in total. The summed E-state index contributed by atoms with van der Waals surface area (Å²) in [4.78, 5) is 21.5. The largest absolute Gasteiger partial charge is 0.461 e. The molecule has 0 spiro atoms. The first-order valence-corrected chi connectivity index (χ1v) is 5.82. The Morgan fingerprint density at radius 2 is 1.88 bits per heavy atom. The van der Waals surface area contributed by atoms with Gasteiger partial charge < -0.3 is 9.47 Å². The Kier molecular flexibility index (Phi) is 4.85. The van der Waals surface area contributed by atoms with Crippen LogP contribution in [0, 0.1) is 0 Å². The van der Waals surface area contributed by atoms with Crippen molar-refractivity contribution in [1.82, 2.24) is 0 Å². The molecule has 0 aromatic heterocycles. The summed E-state index contributed by atoms with van der Waals surface area (Å²) in [5, 5.41) is -0.354. The van der Waals surface area contributed by atoms with E-state index < -0.39 is 0 Å². The predicted octanol–water partition coefficient (Wildman–Crippen LogP) is 2.61. The minimum atomic E-state index is -0.354. The Bertz CT molecular complexity index is 372. The molecule has 0 unspecified atom stereocenters. The van der Waals surface area contributed by atoms with Crippen LogP contribution in [-0.2, 0) is 16.1 Å². The number of rotatable bonds is 3. The third-order valence-electron chi connectivity index (χ3n) is 1.73. The van der Waals surface area contributed by atoms with Crippen molar-refractivity contribution < 1.29 is 19.1 Å². The zero-order valence-corrected chi connectivity index (χ0v) is 9.87. The quantitative estimate of drug-likeness (QED) is 0.760. The summed E-state index contributed by atoms with van der Waals surface area (Å²) in [5.41, 5.74) is 0.846. The minimum absolute atomic E-state index is 0.228. The molecule has 1 aromatic carbocycles. The number of thioether (sulfide) groups is 1. The molecule has 0 N–H and O–H groups in total. The molecule has 1 rings (SSSR count). The lowest BCUT2D eigenvalue weighted by Gasteiger charge is -2.04. The maximum atomic E-state index is 11.0. The van der Waals surface area contributed by atoms with Crippen LogP contribution >= 0.6 is 11.8 Å². The van der Waals surface area contributed by atoms with Gasteiger partial charge in [-0.15, -0.1) is 0 Å². The number of carbonyl (C=O) groups excluding carboxylic acids is 2. The van der Waals surface area contributed by atoms with Crippen molar-refractivity contribution in [1.29, 1.82) is 0 Å². The van der Waals surface area contributed by atoms with Gasteiger partial charge in [0.25, 0.3) is 0 Å².